The molecule has 2 unspecified atom stereocenters. The van der Waals surface area contributed by atoms with Crippen molar-refractivity contribution < 1.29 is 4.79 Å². The second-order valence-corrected chi connectivity index (χ2v) is 6.37. The summed E-state index contributed by atoms with van der Waals surface area (Å²) in [6, 6.07) is 5.05. The van der Waals surface area contributed by atoms with Gasteiger partial charge in [0.1, 0.15) is 0 Å². The number of amides is 1. The van der Waals surface area contributed by atoms with Crippen molar-refractivity contribution in [3.63, 3.8) is 0 Å². The lowest BCUT2D eigenvalue weighted by Crippen LogP contribution is -2.32. The van der Waals surface area contributed by atoms with Gasteiger partial charge in [0.2, 0.25) is 0 Å². The van der Waals surface area contributed by atoms with Gasteiger partial charge >= 0.3 is 0 Å². The highest BCUT2D eigenvalue weighted by Crippen LogP contribution is 2.28. The van der Waals surface area contributed by atoms with Gasteiger partial charge in [-0.15, -0.1) is 11.6 Å². The molecule has 1 N–H and O–H groups in total. The first-order chi connectivity index (χ1) is 9.08. The fourth-order valence-electron chi connectivity index (χ4n) is 2.45. The van der Waals surface area contributed by atoms with Gasteiger partial charge in [0, 0.05) is 11.9 Å². The fourth-order valence-corrected chi connectivity index (χ4v) is 3.43. The maximum atomic E-state index is 12.1. The van der Waals surface area contributed by atoms with E-state index in [1.54, 1.807) is 18.2 Å². The molecule has 19 heavy (non-hydrogen) atoms. The summed E-state index contributed by atoms with van der Waals surface area (Å²) in [4.78, 5) is 12.1. The van der Waals surface area contributed by atoms with Crippen molar-refractivity contribution in [2.24, 2.45) is 5.92 Å². The highest BCUT2D eigenvalue weighted by molar-refractivity contribution is 6.39. The molecule has 1 aliphatic carbocycles. The zero-order valence-electron chi connectivity index (χ0n) is 10.5. The monoisotopic (exact) mass is 319 g/mol. The van der Waals surface area contributed by atoms with Crippen LogP contribution in [0.1, 0.15) is 36.0 Å². The van der Waals surface area contributed by atoms with E-state index in [4.69, 9.17) is 34.8 Å². The second-order valence-electron chi connectivity index (χ2n) is 4.94. The van der Waals surface area contributed by atoms with Gasteiger partial charge in [0.25, 0.3) is 5.91 Å². The van der Waals surface area contributed by atoms with Crippen LogP contribution in [0.5, 0.6) is 0 Å². The molecule has 1 aromatic rings. The van der Waals surface area contributed by atoms with E-state index in [1.807, 2.05) is 0 Å². The molecule has 0 bridgehead atoms. The Bertz CT molecular complexity index is 444. The minimum Gasteiger partial charge on any atom is -0.352 e. The molecular formula is C14H16Cl3NO. The molecule has 2 nitrogen and oxygen atoms in total. The van der Waals surface area contributed by atoms with E-state index < -0.39 is 0 Å². The van der Waals surface area contributed by atoms with Crippen molar-refractivity contribution in [3.05, 3.63) is 33.8 Å². The molecule has 5 heteroatoms. The molecule has 1 aliphatic rings. The molecule has 104 valence electrons. The first-order valence-corrected chi connectivity index (χ1v) is 7.63. The summed E-state index contributed by atoms with van der Waals surface area (Å²) in [5.41, 5.74) is 0.351. The lowest BCUT2D eigenvalue weighted by atomic mass is 9.89. The van der Waals surface area contributed by atoms with Crippen LogP contribution < -0.4 is 5.32 Å². The van der Waals surface area contributed by atoms with E-state index in [0.29, 0.717) is 28.1 Å². The summed E-state index contributed by atoms with van der Waals surface area (Å²) in [7, 11) is 0. The SMILES string of the molecule is O=C(NCC1CCCC(Cl)C1)c1c(Cl)cccc1Cl. The maximum absolute atomic E-state index is 12.1. The molecule has 2 atom stereocenters. The molecule has 2 rings (SSSR count). The Morgan fingerprint density at radius 3 is 2.58 bits per heavy atom. The van der Waals surface area contributed by atoms with Crippen LogP contribution >= 0.6 is 34.8 Å². The highest BCUT2D eigenvalue weighted by Gasteiger charge is 2.21. The number of alkyl halides is 1. The average Bonchev–Trinajstić information content (AvgIpc) is 2.36. The maximum Gasteiger partial charge on any atom is 0.254 e. The Balaban J connectivity index is 1.94. The predicted octanol–water partition coefficient (Wildman–Crippen LogP) is 4.52. The number of benzene rings is 1. The number of carbonyl (C=O) groups excluding carboxylic acids is 1. The van der Waals surface area contributed by atoms with Gasteiger partial charge in [-0.3, -0.25) is 4.79 Å². The summed E-state index contributed by atoms with van der Waals surface area (Å²) in [5, 5.41) is 3.90. The molecule has 1 amide bonds. The van der Waals surface area contributed by atoms with Gasteiger partial charge < -0.3 is 5.32 Å². The summed E-state index contributed by atoms with van der Waals surface area (Å²) in [6.45, 7) is 0.629. The summed E-state index contributed by atoms with van der Waals surface area (Å²) < 4.78 is 0. The van der Waals surface area contributed by atoms with E-state index in [2.05, 4.69) is 5.32 Å². The van der Waals surface area contributed by atoms with Crippen molar-refractivity contribution in [3.8, 4) is 0 Å². The van der Waals surface area contributed by atoms with Gasteiger partial charge in [-0.2, -0.15) is 0 Å². The van der Waals surface area contributed by atoms with E-state index in [9.17, 15) is 4.79 Å². The van der Waals surface area contributed by atoms with Crippen LogP contribution in [0.4, 0.5) is 0 Å². The number of halogens is 3. The number of nitrogens with one attached hydrogen (secondary N) is 1. The van der Waals surface area contributed by atoms with Crippen LogP contribution in [0.15, 0.2) is 18.2 Å². The molecule has 0 radical (unpaired) electrons. The molecular weight excluding hydrogens is 305 g/mol. The van der Waals surface area contributed by atoms with Crippen LogP contribution in [0.3, 0.4) is 0 Å². The van der Waals surface area contributed by atoms with Crippen LogP contribution in [-0.2, 0) is 0 Å². The molecule has 1 aromatic carbocycles. The Hall–Kier alpha value is -0.440. The van der Waals surface area contributed by atoms with E-state index in [0.717, 1.165) is 25.7 Å². The van der Waals surface area contributed by atoms with E-state index in [1.165, 1.54) is 0 Å². The predicted molar refractivity (Wildman–Crippen MR) is 80.4 cm³/mol. The molecule has 0 spiro atoms. The van der Waals surface area contributed by atoms with Gasteiger partial charge in [-0.1, -0.05) is 35.7 Å². The molecule has 0 heterocycles. The van der Waals surface area contributed by atoms with Crippen LogP contribution in [0, 0.1) is 5.92 Å². The minimum absolute atomic E-state index is 0.215. The number of hydrogen-bond acceptors (Lipinski definition) is 1. The van der Waals surface area contributed by atoms with Crippen LogP contribution in [0.25, 0.3) is 0 Å². The third-order valence-electron chi connectivity index (χ3n) is 3.46. The van der Waals surface area contributed by atoms with Crippen molar-refractivity contribution in [2.45, 2.75) is 31.1 Å². The third-order valence-corrected chi connectivity index (χ3v) is 4.49. The number of carbonyl (C=O) groups is 1. The van der Waals surface area contributed by atoms with Gasteiger partial charge in [-0.25, -0.2) is 0 Å². The van der Waals surface area contributed by atoms with Gasteiger partial charge in [0.05, 0.1) is 15.6 Å². The Morgan fingerprint density at radius 1 is 1.26 bits per heavy atom. The normalized spacial score (nSPS) is 23.1. The average molecular weight is 321 g/mol. The lowest BCUT2D eigenvalue weighted by molar-refractivity contribution is 0.0944. The van der Waals surface area contributed by atoms with Crippen molar-refractivity contribution in [1.29, 1.82) is 0 Å². The molecule has 1 fully saturated rings. The number of rotatable bonds is 3. The Kier molecular flexibility index (Phi) is 5.37. The lowest BCUT2D eigenvalue weighted by Gasteiger charge is -2.25. The quantitative estimate of drug-likeness (QED) is 0.815. The van der Waals surface area contributed by atoms with Crippen molar-refractivity contribution in [2.75, 3.05) is 6.54 Å². The minimum atomic E-state index is -0.215. The van der Waals surface area contributed by atoms with E-state index >= 15 is 0 Å². The van der Waals surface area contributed by atoms with Crippen molar-refractivity contribution >= 4 is 40.7 Å². The fraction of sp³-hybridized carbons (Fsp3) is 0.500. The standard InChI is InChI=1S/C14H16Cl3NO/c15-10-4-1-3-9(7-10)8-18-14(19)13-11(16)5-2-6-12(13)17/h2,5-6,9-10H,1,3-4,7-8H2,(H,18,19). The molecule has 0 aliphatic heterocycles. The Morgan fingerprint density at radius 2 is 1.95 bits per heavy atom. The second kappa shape index (κ2) is 6.83. The first-order valence-electron chi connectivity index (χ1n) is 6.44. The van der Waals surface area contributed by atoms with Gasteiger partial charge in [-0.05, 0) is 37.3 Å². The molecule has 0 aromatic heterocycles. The molecule has 0 saturated heterocycles. The zero-order chi connectivity index (χ0) is 13.8. The van der Waals surface area contributed by atoms with Gasteiger partial charge in [0.15, 0.2) is 0 Å². The summed E-state index contributed by atoms with van der Waals surface area (Å²) in [5.74, 6) is 0.230. The van der Waals surface area contributed by atoms with Crippen molar-refractivity contribution in [1.82, 2.24) is 5.32 Å². The largest absolute Gasteiger partial charge is 0.352 e. The topological polar surface area (TPSA) is 29.1 Å². The highest BCUT2D eigenvalue weighted by atomic mass is 35.5. The van der Waals surface area contributed by atoms with Crippen LogP contribution in [-0.4, -0.2) is 17.8 Å². The summed E-state index contributed by atoms with van der Waals surface area (Å²) in [6.07, 6.45) is 4.27. The first kappa shape index (κ1) is 15.0. The third kappa shape index (κ3) is 4.01. The summed E-state index contributed by atoms with van der Waals surface area (Å²) >= 11 is 18.1. The molecule has 1 saturated carbocycles. The number of hydrogen-bond donors (Lipinski definition) is 1. The van der Waals surface area contributed by atoms with E-state index in [-0.39, 0.29) is 11.3 Å². The zero-order valence-corrected chi connectivity index (χ0v) is 12.7. The van der Waals surface area contributed by atoms with Crippen LogP contribution in [0.2, 0.25) is 10.0 Å². The Labute approximate surface area is 128 Å². The smallest absolute Gasteiger partial charge is 0.254 e.